The van der Waals surface area contributed by atoms with Crippen molar-refractivity contribution in [1.82, 2.24) is 9.88 Å². The predicted molar refractivity (Wildman–Crippen MR) is 138 cm³/mol. The van der Waals surface area contributed by atoms with Gasteiger partial charge in [0.05, 0.1) is 5.69 Å². The second-order valence-electron chi connectivity index (χ2n) is 9.70. The Morgan fingerprint density at radius 3 is 2.49 bits per heavy atom. The van der Waals surface area contributed by atoms with Gasteiger partial charge in [0, 0.05) is 48.4 Å². The summed E-state index contributed by atoms with van der Waals surface area (Å²) in [5, 5.41) is 0.710. The molecule has 5 rings (SSSR count). The van der Waals surface area contributed by atoms with E-state index in [1.807, 2.05) is 24.4 Å². The van der Waals surface area contributed by atoms with Gasteiger partial charge in [0.1, 0.15) is 5.82 Å². The van der Waals surface area contributed by atoms with E-state index in [9.17, 15) is 18.0 Å². The van der Waals surface area contributed by atoms with Crippen LogP contribution in [-0.2, 0) is 24.1 Å². The monoisotopic (exact) mass is 525 g/mol. The Balaban J connectivity index is 1.31. The first kappa shape index (κ1) is 25.5. The molecule has 0 saturated carbocycles. The van der Waals surface area contributed by atoms with Crippen LogP contribution in [0.15, 0.2) is 54.2 Å². The Morgan fingerprint density at radius 2 is 1.70 bits per heavy atom. The molecule has 3 aromatic rings. The molecule has 4 nitrogen and oxygen atoms in total. The number of carbonyl (C=O) groups excluding carboxylic acids is 1. The van der Waals surface area contributed by atoms with Crippen molar-refractivity contribution in [3.63, 3.8) is 0 Å². The second kappa shape index (κ2) is 10.7. The van der Waals surface area contributed by atoms with Crippen LogP contribution in [0.1, 0.15) is 47.2 Å². The zero-order valence-electron chi connectivity index (χ0n) is 20.2. The van der Waals surface area contributed by atoms with Gasteiger partial charge in [-0.2, -0.15) is 0 Å². The van der Waals surface area contributed by atoms with Gasteiger partial charge in [0.2, 0.25) is 5.91 Å². The summed E-state index contributed by atoms with van der Waals surface area (Å²) in [5.41, 5.74) is 13.0. The molecule has 192 valence electrons. The second-order valence-corrected chi connectivity index (χ2v) is 10.1. The Morgan fingerprint density at radius 1 is 0.973 bits per heavy atom. The number of amides is 1. The maximum atomic E-state index is 14.0. The summed E-state index contributed by atoms with van der Waals surface area (Å²) in [6.07, 6.45) is 4.92. The van der Waals surface area contributed by atoms with Crippen molar-refractivity contribution in [3.8, 4) is 0 Å². The zero-order chi connectivity index (χ0) is 26.1. The molecule has 2 N–H and O–H groups in total. The quantitative estimate of drug-likeness (QED) is 0.449. The standard InChI is InChI=1S/C29H27ClF3N3O/c30-21-5-6-23-19(12-21)4-3-18-2-1-9-35-29(18)28(23)17-7-10-36(11-8-17)27(37)15-22(34)13-20-14-25(32)26(33)16-24(20)31/h1-2,5-6,9,12,14,16,22H,3-4,7-8,10-11,13,15,34H2. The molecule has 2 aromatic carbocycles. The van der Waals surface area contributed by atoms with Gasteiger partial charge in [-0.3, -0.25) is 9.78 Å². The van der Waals surface area contributed by atoms with Crippen LogP contribution >= 0.6 is 11.6 Å². The van der Waals surface area contributed by atoms with Crippen molar-refractivity contribution in [2.75, 3.05) is 13.1 Å². The van der Waals surface area contributed by atoms with Crippen LogP contribution < -0.4 is 5.73 Å². The van der Waals surface area contributed by atoms with Crippen LogP contribution in [0.25, 0.3) is 5.57 Å². The number of nitrogens with zero attached hydrogens (tertiary/aromatic N) is 2. The Bertz CT molecular complexity index is 1380. The molecule has 1 amide bonds. The minimum absolute atomic E-state index is 0.00391. The predicted octanol–water partition coefficient (Wildman–Crippen LogP) is 5.64. The van der Waals surface area contributed by atoms with Gasteiger partial charge in [0.25, 0.3) is 0 Å². The Hall–Kier alpha value is -3.16. The highest BCUT2D eigenvalue weighted by atomic mass is 35.5. The number of nitrogens with two attached hydrogens (primary N) is 1. The summed E-state index contributed by atoms with van der Waals surface area (Å²) in [4.78, 5) is 19.5. The number of rotatable bonds is 4. The molecule has 0 bridgehead atoms. The fourth-order valence-corrected chi connectivity index (χ4v) is 5.53. The first-order chi connectivity index (χ1) is 17.8. The molecule has 8 heteroatoms. The maximum absolute atomic E-state index is 14.0. The third-order valence-electron chi connectivity index (χ3n) is 7.21. The number of hydrogen-bond donors (Lipinski definition) is 1. The average Bonchev–Trinajstić information content (AvgIpc) is 3.04. The molecular formula is C29H27ClF3N3O. The molecule has 1 aromatic heterocycles. The Labute approximate surface area is 219 Å². The molecule has 37 heavy (non-hydrogen) atoms. The van der Waals surface area contributed by atoms with E-state index in [0.29, 0.717) is 37.0 Å². The number of aryl methyl sites for hydroxylation is 2. The molecule has 2 heterocycles. The third kappa shape index (κ3) is 5.43. The number of halogens is 4. The van der Waals surface area contributed by atoms with E-state index in [2.05, 4.69) is 12.1 Å². The first-order valence-electron chi connectivity index (χ1n) is 12.4. The summed E-state index contributed by atoms with van der Waals surface area (Å²) in [6, 6.07) is 10.7. The van der Waals surface area contributed by atoms with Crippen molar-refractivity contribution in [2.24, 2.45) is 5.73 Å². The molecule has 1 unspecified atom stereocenters. The fourth-order valence-electron chi connectivity index (χ4n) is 5.34. The highest BCUT2D eigenvalue weighted by Crippen LogP contribution is 2.38. The number of hydrogen-bond acceptors (Lipinski definition) is 3. The zero-order valence-corrected chi connectivity index (χ0v) is 21.0. The number of pyridine rings is 1. The van der Waals surface area contributed by atoms with E-state index in [1.165, 1.54) is 16.7 Å². The number of piperidine rings is 1. The van der Waals surface area contributed by atoms with Gasteiger partial charge in [-0.25, -0.2) is 13.2 Å². The third-order valence-corrected chi connectivity index (χ3v) is 7.44. The van der Waals surface area contributed by atoms with E-state index >= 15 is 0 Å². The molecule has 0 spiro atoms. The van der Waals surface area contributed by atoms with E-state index < -0.39 is 23.5 Å². The van der Waals surface area contributed by atoms with Gasteiger partial charge < -0.3 is 10.6 Å². The maximum Gasteiger partial charge on any atom is 0.224 e. The lowest BCUT2D eigenvalue weighted by molar-refractivity contribution is -0.132. The average molecular weight is 526 g/mol. The minimum Gasteiger partial charge on any atom is -0.342 e. The van der Waals surface area contributed by atoms with E-state index in [4.69, 9.17) is 22.3 Å². The van der Waals surface area contributed by atoms with E-state index in [0.717, 1.165) is 35.7 Å². The number of benzene rings is 2. The molecule has 1 atom stereocenters. The van der Waals surface area contributed by atoms with Crippen LogP contribution in [0, 0.1) is 17.5 Å². The van der Waals surface area contributed by atoms with Gasteiger partial charge in [-0.1, -0.05) is 29.3 Å². The molecule has 0 radical (unpaired) electrons. The normalized spacial score (nSPS) is 16.2. The summed E-state index contributed by atoms with van der Waals surface area (Å²) in [5.74, 6) is -3.38. The molecule has 1 aliphatic heterocycles. The van der Waals surface area contributed by atoms with Crippen molar-refractivity contribution in [2.45, 2.75) is 44.6 Å². The molecule has 1 aliphatic carbocycles. The molecule has 1 saturated heterocycles. The molecular weight excluding hydrogens is 499 g/mol. The SMILES string of the molecule is NC(CC(=O)N1CCC(=C2c3ccc(Cl)cc3CCc3cccnc32)CC1)Cc1cc(F)c(F)cc1F. The van der Waals surface area contributed by atoms with Crippen LogP contribution in [0.5, 0.6) is 0 Å². The van der Waals surface area contributed by atoms with Crippen molar-refractivity contribution < 1.29 is 18.0 Å². The lowest BCUT2D eigenvalue weighted by Crippen LogP contribution is -2.40. The highest BCUT2D eigenvalue weighted by Gasteiger charge is 2.27. The van der Waals surface area contributed by atoms with Gasteiger partial charge >= 0.3 is 0 Å². The molecule has 2 aliphatic rings. The summed E-state index contributed by atoms with van der Waals surface area (Å²) in [6.45, 7) is 1.07. The van der Waals surface area contributed by atoms with E-state index in [-0.39, 0.29) is 24.3 Å². The van der Waals surface area contributed by atoms with Gasteiger partial charge in [0.15, 0.2) is 11.6 Å². The minimum atomic E-state index is -1.25. The van der Waals surface area contributed by atoms with Crippen LogP contribution in [0.3, 0.4) is 0 Å². The fraction of sp³-hybridized carbons (Fsp3) is 0.310. The lowest BCUT2D eigenvalue weighted by Gasteiger charge is -2.31. The number of carbonyl (C=O) groups is 1. The lowest BCUT2D eigenvalue weighted by atomic mass is 9.88. The number of fused-ring (bicyclic) bond motifs is 2. The summed E-state index contributed by atoms with van der Waals surface area (Å²) < 4.78 is 40.7. The largest absolute Gasteiger partial charge is 0.342 e. The van der Waals surface area contributed by atoms with Crippen molar-refractivity contribution in [1.29, 1.82) is 0 Å². The van der Waals surface area contributed by atoms with Crippen molar-refractivity contribution in [3.05, 3.63) is 105 Å². The van der Waals surface area contributed by atoms with Crippen molar-refractivity contribution >= 4 is 23.1 Å². The topological polar surface area (TPSA) is 59.2 Å². The number of likely N-dealkylation sites (tertiary alicyclic amines) is 1. The van der Waals surface area contributed by atoms with Crippen LogP contribution in [0.2, 0.25) is 5.02 Å². The molecule has 1 fully saturated rings. The first-order valence-corrected chi connectivity index (χ1v) is 12.8. The summed E-state index contributed by atoms with van der Waals surface area (Å²) >= 11 is 6.30. The number of aromatic nitrogens is 1. The smallest absolute Gasteiger partial charge is 0.224 e. The summed E-state index contributed by atoms with van der Waals surface area (Å²) in [7, 11) is 0. The van der Waals surface area contributed by atoms with Crippen LogP contribution in [0.4, 0.5) is 13.2 Å². The van der Waals surface area contributed by atoms with Gasteiger partial charge in [-0.15, -0.1) is 0 Å². The Kier molecular flexibility index (Phi) is 7.36. The van der Waals surface area contributed by atoms with Crippen LogP contribution in [-0.4, -0.2) is 34.9 Å². The van der Waals surface area contributed by atoms with Gasteiger partial charge in [-0.05, 0) is 78.6 Å². The highest BCUT2D eigenvalue weighted by molar-refractivity contribution is 6.30. The van der Waals surface area contributed by atoms with E-state index in [1.54, 1.807) is 4.90 Å².